The van der Waals surface area contributed by atoms with Crippen LogP contribution in [-0.4, -0.2) is 40.6 Å². The molecule has 2 aromatic rings. The van der Waals surface area contributed by atoms with Gasteiger partial charge in [-0.15, -0.1) is 0 Å². The van der Waals surface area contributed by atoms with Crippen LogP contribution in [0.2, 0.25) is 5.02 Å². The van der Waals surface area contributed by atoms with Crippen molar-refractivity contribution < 1.29 is 4.74 Å². The lowest BCUT2D eigenvalue weighted by Gasteiger charge is -2.39. The lowest BCUT2D eigenvalue weighted by Crippen LogP contribution is -2.43. The van der Waals surface area contributed by atoms with Crippen LogP contribution in [-0.2, 0) is 11.3 Å². The number of likely N-dealkylation sites (tertiary alicyclic amines) is 1. The number of hydrogen-bond donors (Lipinski definition) is 0. The van der Waals surface area contributed by atoms with Crippen molar-refractivity contribution >= 4 is 17.2 Å². The van der Waals surface area contributed by atoms with Crippen LogP contribution in [0.1, 0.15) is 25.0 Å². The third-order valence-electron chi connectivity index (χ3n) is 4.86. The summed E-state index contributed by atoms with van der Waals surface area (Å²) in [7, 11) is 0. The molecule has 0 amide bonds. The Bertz CT molecular complexity index is 648. The maximum Gasteiger partial charge on any atom is 0.137 e. The highest BCUT2D eigenvalue weighted by molar-refractivity contribution is 6.30. The van der Waals surface area contributed by atoms with Crippen LogP contribution < -0.4 is 0 Å². The van der Waals surface area contributed by atoms with Crippen LogP contribution in [0.5, 0.6) is 0 Å². The summed E-state index contributed by atoms with van der Waals surface area (Å²) in [6, 6.07) is 3.85. The summed E-state index contributed by atoms with van der Waals surface area (Å²) in [5.41, 5.74) is 2.57. The van der Waals surface area contributed by atoms with Crippen LogP contribution in [0.4, 0.5) is 0 Å². The van der Waals surface area contributed by atoms with E-state index in [1.54, 1.807) is 0 Å². The number of aromatic nitrogens is 2. The topological polar surface area (TPSA) is 29.8 Å². The molecule has 0 bridgehead atoms. The van der Waals surface area contributed by atoms with Gasteiger partial charge < -0.3 is 9.14 Å². The van der Waals surface area contributed by atoms with Gasteiger partial charge in [0.25, 0.3) is 0 Å². The van der Waals surface area contributed by atoms with E-state index in [9.17, 15) is 0 Å². The molecule has 4 nitrogen and oxygen atoms in total. The number of fused-ring (bicyclic) bond motifs is 1. The van der Waals surface area contributed by atoms with Crippen molar-refractivity contribution in [3.05, 3.63) is 35.2 Å². The first-order valence-electron chi connectivity index (χ1n) is 7.66. The molecule has 0 radical (unpaired) electrons. The number of rotatable bonds is 2. The number of imidazole rings is 1. The third-order valence-corrected chi connectivity index (χ3v) is 5.08. The van der Waals surface area contributed by atoms with Gasteiger partial charge in [-0.1, -0.05) is 11.6 Å². The minimum atomic E-state index is 0.399. The molecular weight excluding hydrogens is 286 g/mol. The molecule has 1 spiro atoms. The minimum absolute atomic E-state index is 0.399. The Morgan fingerprint density at radius 1 is 1.33 bits per heavy atom. The van der Waals surface area contributed by atoms with Gasteiger partial charge in [-0.25, -0.2) is 4.98 Å². The maximum atomic E-state index is 6.11. The molecule has 2 aromatic heterocycles. The average molecular weight is 306 g/mol. The monoisotopic (exact) mass is 305 g/mol. The molecule has 21 heavy (non-hydrogen) atoms. The average Bonchev–Trinajstić information content (AvgIpc) is 3.07. The molecule has 1 atom stereocenters. The predicted octanol–water partition coefficient (Wildman–Crippen LogP) is 2.99. The van der Waals surface area contributed by atoms with Crippen LogP contribution in [0.15, 0.2) is 24.5 Å². The molecule has 112 valence electrons. The van der Waals surface area contributed by atoms with Crippen LogP contribution in [0, 0.1) is 5.41 Å². The summed E-state index contributed by atoms with van der Waals surface area (Å²) in [6.45, 7) is 5.10. The van der Waals surface area contributed by atoms with Gasteiger partial charge >= 0.3 is 0 Å². The second-order valence-corrected chi connectivity index (χ2v) is 6.88. The highest BCUT2D eigenvalue weighted by atomic mass is 35.5. The van der Waals surface area contributed by atoms with Gasteiger partial charge in [0.2, 0.25) is 0 Å². The van der Waals surface area contributed by atoms with E-state index in [1.807, 2.05) is 24.5 Å². The number of hydrogen-bond acceptors (Lipinski definition) is 3. The molecule has 2 aliphatic heterocycles. The van der Waals surface area contributed by atoms with Crippen molar-refractivity contribution in [2.24, 2.45) is 5.41 Å². The highest BCUT2D eigenvalue weighted by Gasteiger charge is 2.38. The fourth-order valence-electron chi connectivity index (χ4n) is 3.77. The van der Waals surface area contributed by atoms with Crippen molar-refractivity contribution in [2.45, 2.75) is 25.8 Å². The first kappa shape index (κ1) is 13.6. The Labute approximate surface area is 129 Å². The summed E-state index contributed by atoms with van der Waals surface area (Å²) in [5.74, 6) is 0. The van der Waals surface area contributed by atoms with E-state index in [2.05, 4.69) is 14.3 Å². The quantitative estimate of drug-likeness (QED) is 0.854. The van der Waals surface area contributed by atoms with E-state index in [0.717, 1.165) is 43.5 Å². The lowest BCUT2D eigenvalue weighted by atomic mass is 9.79. The summed E-state index contributed by atoms with van der Waals surface area (Å²) < 4.78 is 7.75. The van der Waals surface area contributed by atoms with Crippen molar-refractivity contribution in [3.63, 3.8) is 0 Å². The zero-order valence-electron chi connectivity index (χ0n) is 12.1. The molecule has 4 heterocycles. The van der Waals surface area contributed by atoms with Gasteiger partial charge in [0.1, 0.15) is 5.65 Å². The molecule has 1 unspecified atom stereocenters. The zero-order chi connectivity index (χ0) is 14.3. The Morgan fingerprint density at radius 2 is 2.29 bits per heavy atom. The molecule has 5 heteroatoms. The van der Waals surface area contributed by atoms with E-state index in [0.29, 0.717) is 5.41 Å². The zero-order valence-corrected chi connectivity index (χ0v) is 12.9. The highest BCUT2D eigenvalue weighted by Crippen LogP contribution is 2.38. The lowest BCUT2D eigenvalue weighted by molar-refractivity contribution is 0.0637. The van der Waals surface area contributed by atoms with Gasteiger partial charge in [0, 0.05) is 31.3 Å². The van der Waals surface area contributed by atoms with Crippen LogP contribution in [0.25, 0.3) is 5.65 Å². The van der Waals surface area contributed by atoms with Crippen LogP contribution >= 0.6 is 11.6 Å². The number of pyridine rings is 1. The van der Waals surface area contributed by atoms with Crippen molar-refractivity contribution in [2.75, 3.05) is 26.3 Å². The summed E-state index contributed by atoms with van der Waals surface area (Å²) >= 11 is 6.11. The van der Waals surface area contributed by atoms with Gasteiger partial charge in [-0.3, -0.25) is 4.90 Å². The molecule has 2 aliphatic rings. The largest absolute Gasteiger partial charge is 0.381 e. The first-order chi connectivity index (χ1) is 10.2. The predicted molar refractivity (Wildman–Crippen MR) is 82.6 cm³/mol. The molecule has 0 aromatic carbocycles. The fourth-order valence-corrected chi connectivity index (χ4v) is 3.93. The van der Waals surface area contributed by atoms with Crippen molar-refractivity contribution in [1.82, 2.24) is 14.3 Å². The standard InChI is InChI=1S/C16H20ClN3O/c17-13-2-3-15-18-8-14(20(15)9-13)10-19-6-1-4-16(11-19)5-7-21-12-16/h2-3,8-9H,1,4-7,10-12H2. The Balaban J connectivity index is 1.55. The second-order valence-electron chi connectivity index (χ2n) is 6.44. The molecule has 0 N–H and O–H groups in total. The van der Waals surface area contributed by atoms with Crippen molar-refractivity contribution in [1.29, 1.82) is 0 Å². The molecule has 2 fully saturated rings. The van der Waals surface area contributed by atoms with Gasteiger partial charge in [-0.2, -0.15) is 0 Å². The molecule has 2 saturated heterocycles. The smallest absolute Gasteiger partial charge is 0.137 e. The molecule has 0 aliphatic carbocycles. The van der Waals surface area contributed by atoms with Gasteiger partial charge in [0.15, 0.2) is 0 Å². The SMILES string of the molecule is Clc1ccc2ncc(CN3CCCC4(CCOC4)C3)n2c1. The molecular formula is C16H20ClN3O. The number of nitrogens with zero attached hydrogens (tertiary/aromatic N) is 3. The summed E-state index contributed by atoms with van der Waals surface area (Å²) in [5, 5.41) is 0.751. The third kappa shape index (κ3) is 2.56. The minimum Gasteiger partial charge on any atom is -0.381 e. The van der Waals surface area contributed by atoms with Gasteiger partial charge in [0.05, 0.1) is 23.5 Å². The first-order valence-corrected chi connectivity index (χ1v) is 8.04. The Kier molecular flexibility index (Phi) is 3.40. The number of halogens is 1. The number of piperidine rings is 1. The maximum absolute atomic E-state index is 6.11. The van der Waals surface area contributed by atoms with E-state index in [-0.39, 0.29) is 0 Å². The molecule has 0 saturated carbocycles. The molecule has 4 rings (SSSR count). The number of ether oxygens (including phenoxy) is 1. The van der Waals surface area contributed by atoms with E-state index in [4.69, 9.17) is 16.3 Å². The van der Waals surface area contributed by atoms with E-state index < -0.39 is 0 Å². The second kappa shape index (κ2) is 5.27. The summed E-state index contributed by atoms with van der Waals surface area (Å²) in [4.78, 5) is 7.01. The Hall–Kier alpha value is -1.10. The van der Waals surface area contributed by atoms with Crippen LogP contribution in [0.3, 0.4) is 0 Å². The normalized spacial score (nSPS) is 26.9. The Morgan fingerprint density at radius 3 is 3.14 bits per heavy atom. The summed E-state index contributed by atoms with van der Waals surface area (Å²) in [6.07, 6.45) is 7.71. The fraction of sp³-hybridized carbons (Fsp3) is 0.562. The van der Waals surface area contributed by atoms with E-state index in [1.165, 1.54) is 25.0 Å². The van der Waals surface area contributed by atoms with E-state index >= 15 is 0 Å². The van der Waals surface area contributed by atoms with Crippen molar-refractivity contribution in [3.8, 4) is 0 Å². The van der Waals surface area contributed by atoms with Gasteiger partial charge in [-0.05, 0) is 37.9 Å².